The first-order valence-corrected chi connectivity index (χ1v) is 44.8. The summed E-state index contributed by atoms with van der Waals surface area (Å²) in [5.41, 5.74) is 21.0. The van der Waals surface area contributed by atoms with Crippen LogP contribution in [0.3, 0.4) is 0 Å². The highest BCUT2D eigenvalue weighted by molar-refractivity contribution is 5.86. The van der Waals surface area contributed by atoms with E-state index in [1.54, 1.807) is 86.2 Å². The molecule has 14 heterocycles. The number of hydrogen-bond acceptors (Lipinski definition) is 30. The fourth-order valence-corrected chi connectivity index (χ4v) is 16.1. The summed E-state index contributed by atoms with van der Waals surface area (Å²) in [7, 11) is 17.5. The third-order valence-electron chi connectivity index (χ3n) is 23.5. The van der Waals surface area contributed by atoms with Crippen LogP contribution >= 0.6 is 0 Å². The van der Waals surface area contributed by atoms with E-state index in [1.807, 2.05) is 181 Å². The molecule has 0 fully saturated rings. The van der Waals surface area contributed by atoms with E-state index in [2.05, 4.69) is 154 Å². The highest BCUT2D eigenvalue weighted by Crippen LogP contribution is 2.42. The van der Waals surface area contributed by atoms with Gasteiger partial charge in [0, 0.05) is 248 Å². The summed E-state index contributed by atoms with van der Waals surface area (Å²) in [6.07, 6.45) is 22.2. The largest absolute Gasteiger partial charge is 0.497 e. The number of hydrogen-bond donors (Lipinski definition) is 4. The maximum Gasteiger partial charge on any atom is 0.180 e. The number of ether oxygens (including phenoxy) is 6. The predicted octanol–water partition coefficient (Wildman–Crippen LogP) is 14.9. The van der Waals surface area contributed by atoms with Gasteiger partial charge in [-0.1, -0.05) is 27.7 Å². The van der Waals surface area contributed by atoms with Crippen LogP contribution in [0.25, 0.3) is 89.2 Å². The van der Waals surface area contributed by atoms with Gasteiger partial charge in [-0.15, -0.1) is 0 Å². The molecule has 34 heteroatoms. The zero-order valence-electron chi connectivity index (χ0n) is 79.3. The molecule has 0 radical (unpaired) electrons. The lowest BCUT2D eigenvalue weighted by Gasteiger charge is -2.26. The van der Waals surface area contributed by atoms with Crippen molar-refractivity contribution in [2.75, 3.05) is 115 Å². The van der Waals surface area contributed by atoms with E-state index in [0.717, 1.165) is 222 Å². The van der Waals surface area contributed by atoms with Gasteiger partial charge in [-0.3, -0.25) is 48.5 Å². The van der Waals surface area contributed by atoms with Crippen molar-refractivity contribution in [2.45, 2.75) is 106 Å². The Bertz CT molecular complexity index is 6290. The van der Waals surface area contributed by atoms with Gasteiger partial charge >= 0.3 is 0 Å². The summed E-state index contributed by atoms with van der Waals surface area (Å²) in [4.78, 5) is 61.2. The first-order chi connectivity index (χ1) is 64.8. The molecule has 4 N–H and O–H groups in total. The van der Waals surface area contributed by atoms with E-state index in [9.17, 15) is 10.2 Å². The van der Waals surface area contributed by atoms with Crippen LogP contribution in [0.2, 0.25) is 0 Å². The second kappa shape index (κ2) is 42.9. The van der Waals surface area contributed by atoms with Crippen molar-refractivity contribution < 1.29 is 38.6 Å². The number of aromatic nitrogens is 18. The lowest BCUT2D eigenvalue weighted by atomic mass is 10.0. The van der Waals surface area contributed by atoms with Gasteiger partial charge in [0.1, 0.15) is 68.8 Å². The monoisotopic (exact) mass is 1810 g/mol. The second-order valence-electron chi connectivity index (χ2n) is 34.0. The molecule has 0 amide bonds. The molecule has 696 valence electrons. The number of fused-ring (bicyclic) bond motifs is 6. The number of benzene rings is 4. The molecule has 12 aromatic heterocycles. The average Bonchev–Trinajstić information content (AvgIpc) is 1.01. The molecule has 0 aliphatic carbocycles. The zero-order chi connectivity index (χ0) is 94.4. The van der Waals surface area contributed by atoms with Crippen LogP contribution in [0, 0.1) is 0 Å². The Morgan fingerprint density at radius 1 is 0.351 bits per heavy atom. The molecule has 18 rings (SSSR count). The molecule has 0 bridgehead atoms. The van der Waals surface area contributed by atoms with E-state index in [1.165, 1.54) is 0 Å². The van der Waals surface area contributed by atoms with E-state index in [4.69, 9.17) is 58.3 Å². The van der Waals surface area contributed by atoms with E-state index >= 15 is 0 Å². The van der Waals surface area contributed by atoms with Crippen molar-refractivity contribution in [3.05, 3.63) is 218 Å². The maximum absolute atomic E-state index is 10.1. The summed E-state index contributed by atoms with van der Waals surface area (Å²) in [5.74, 6) is 7.55. The quantitative estimate of drug-likeness (QED) is 0.0354. The third kappa shape index (κ3) is 22.3. The first-order valence-electron chi connectivity index (χ1n) is 44.8. The standard InChI is InChI=1S/C26H30N6O2.C25H29N7O2.C25H30N6O2.C24H29N7O2/c1-17(2)31-7-8-32(25-11-21(34-4)9-19(16-33)22(25)15-31)26-6-5-23-24(29-26)10-18(12-27-23)20-13-28-30(3)14-20;1-16(2)31-7-8-32(23-10-19(34-4)9-17(15-33)20(23)14-31)24-6-5-21-25(29-24)28-22(12-26-21)18-11-27-30(3)13-18;1-17(2)26-8-9-31(20-11-21(32-4)13-22(12-20)33-5)25-7-6-23-24(29-25)10-18(14-27-23)19-15-28-30(3)16-19;1-16(2)25-8-9-31(18-10-19(32-4)12-20(11-18)33-5)23-7-6-21-24(29-23)28-22(14-26-21)17-13-27-30(3)15-17/h5-6,9-14,17,33H,7-8,15-16H2,1-4H3;5-6,9-13,16,33H,7-8,14-15H2,1-4H3;6-7,10-17,26H,8-9H2,1-5H3;6-7,10-16,25H,8-9H2,1-5H3. The number of rotatable bonds is 28. The van der Waals surface area contributed by atoms with Crippen molar-refractivity contribution in [1.82, 2.24) is 109 Å². The fourth-order valence-electron chi connectivity index (χ4n) is 16.1. The SMILES string of the molecule is COc1cc(CO)c2c(c1)N(c1ccc3ncc(-c4cnn(C)c4)cc3n1)CCN(C(C)C)C2.COc1cc(CO)c2c(c1)N(c1ccc3ncc(-c4cnn(C)c4)nc3n1)CCN(C(C)C)C2.COc1cc(OC)cc(N(CCNC(C)C)c2ccc3ncc(-c4cnn(C)c4)cc3n2)c1.COc1cc(OC)cc(N(CCNC(C)C)c2ccc3ncc(-c4cnn(C)c4)nc3n2)c1. The Morgan fingerprint density at radius 2 is 0.709 bits per heavy atom. The maximum atomic E-state index is 10.1. The molecular formula is C100H118N26O8. The Morgan fingerprint density at radius 3 is 1.10 bits per heavy atom. The van der Waals surface area contributed by atoms with Gasteiger partial charge in [0.15, 0.2) is 11.3 Å². The van der Waals surface area contributed by atoms with Crippen LogP contribution in [0.5, 0.6) is 34.5 Å². The van der Waals surface area contributed by atoms with Gasteiger partial charge in [-0.25, -0.2) is 29.9 Å². The normalized spacial score (nSPS) is 12.9. The topological polar surface area (TPSA) is 340 Å². The summed E-state index contributed by atoms with van der Waals surface area (Å²) in [5, 5.41) is 44.3. The Hall–Kier alpha value is -14.4. The summed E-state index contributed by atoms with van der Waals surface area (Å²) in [6.45, 7) is 25.0. The molecule has 0 unspecified atom stereocenters. The number of nitrogens with one attached hydrogen (secondary N) is 2. The van der Waals surface area contributed by atoms with Crippen molar-refractivity contribution in [3.8, 4) is 79.3 Å². The van der Waals surface area contributed by atoms with Gasteiger partial charge in [-0.05, 0) is 123 Å². The number of pyridine rings is 6. The lowest BCUT2D eigenvalue weighted by Crippen LogP contribution is -2.34. The van der Waals surface area contributed by atoms with E-state index < -0.39 is 0 Å². The van der Waals surface area contributed by atoms with Crippen LogP contribution in [0.1, 0.15) is 77.6 Å². The van der Waals surface area contributed by atoms with Crippen LogP contribution in [0.15, 0.2) is 196 Å². The number of aryl methyl sites for hydroxylation is 4. The molecule has 4 aromatic carbocycles. The number of nitrogens with zero attached hydrogens (tertiary/aromatic N) is 24. The van der Waals surface area contributed by atoms with Crippen molar-refractivity contribution in [2.24, 2.45) is 28.2 Å². The smallest absolute Gasteiger partial charge is 0.180 e. The molecule has 2 aliphatic heterocycles. The van der Waals surface area contributed by atoms with Crippen LogP contribution in [-0.4, -0.2) is 228 Å². The molecule has 0 saturated carbocycles. The minimum absolute atomic E-state index is 0.0388. The molecule has 2 aliphatic rings. The highest BCUT2D eigenvalue weighted by Gasteiger charge is 2.30. The average molecular weight is 1810 g/mol. The van der Waals surface area contributed by atoms with Gasteiger partial charge in [0.25, 0.3) is 0 Å². The predicted molar refractivity (Wildman–Crippen MR) is 525 cm³/mol. The zero-order valence-corrected chi connectivity index (χ0v) is 79.3. The summed E-state index contributed by atoms with van der Waals surface area (Å²) < 4.78 is 40.2. The molecule has 0 spiro atoms. The molecule has 134 heavy (non-hydrogen) atoms. The first kappa shape index (κ1) is 94.2. The number of methoxy groups -OCH3 is 6. The number of aliphatic hydroxyl groups is 2. The fraction of sp³-hybridized carbons (Fsp3) is 0.340. The van der Waals surface area contributed by atoms with Crippen LogP contribution in [0.4, 0.5) is 46.0 Å². The molecule has 34 nitrogen and oxygen atoms in total. The molecular weight excluding hydrogens is 1690 g/mol. The van der Waals surface area contributed by atoms with Gasteiger partial charge < -0.3 is 68.9 Å². The van der Waals surface area contributed by atoms with Crippen molar-refractivity contribution in [3.63, 3.8) is 0 Å². The minimum Gasteiger partial charge on any atom is -0.497 e. The van der Waals surface area contributed by atoms with Crippen molar-refractivity contribution >= 4 is 90.4 Å². The molecule has 0 atom stereocenters. The minimum atomic E-state index is -0.0512. The number of aliphatic hydroxyl groups excluding tert-OH is 2. The van der Waals surface area contributed by atoms with Crippen LogP contribution < -0.4 is 58.7 Å². The Balaban J connectivity index is 0.000000136. The molecule has 16 aromatic rings. The van der Waals surface area contributed by atoms with E-state index in [0.29, 0.717) is 59.3 Å². The number of anilines is 8. The third-order valence-corrected chi connectivity index (χ3v) is 23.5. The van der Waals surface area contributed by atoms with Gasteiger partial charge in [0.05, 0.1) is 138 Å². The van der Waals surface area contributed by atoms with Gasteiger partial charge in [-0.2, -0.15) is 20.4 Å². The Kier molecular flexibility index (Phi) is 30.1. The molecule has 0 saturated heterocycles. The highest BCUT2D eigenvalue weighted by atomic mass is 16.5. The summed E-state index contributed by atoms with van der Waals surface area (Å²) >= 11 is 0. The van der Waals surface area contributed by atoms with Gasteiger partial charge in [0.2, 0.25) is 0 Å². The van der Waals surface area contributed by atoms with Crippen molar-refractivity contribution in [1.29, 1.82) is 0 Å². The van der Waals surface area contributed by atoms with Crippen LogP contribution in [-0.2, 0) is 54.5 Å². The lowest BCUT2D eigenvalue weighted by molar-refractivity contribution is 0.220. The Labute approximate surface area is 780 Å². The second-order valence-corrected chi connectivity index (χ2v) is 34.0. The summed E-state index contributed by atoms with van der Waals surface area (Å²) in [6, 6.07) is 41.1. The van der Waals surface area contributed by atoms with E-state index in [-0.39, 0.29) is 13.2 Å².